The molecule has 10 atom stereocenters. The summed E-state index contributed by atoms with van der Waals surface area (Å²) in [6.07, 6.45) is 12.6. The number of hydrogen-bond donors (Lipinski definition) is 2. The van der Waals surface area contributed by atoms with Crippen molar-refractivity contribution in [2.24, 2.45) is 56.7 Å². The Bertz CT molecular complexity index is 1140. The van der Waals surface area contributed by atoms with Crippen LogP contribution in [0, 0.1) is 56.7 Å². The van der Waals surface area contributed by atoms with Crippen molar-refractivity contribution in [1.29, 1.82) is 0 Å². The van der Waals surface area contributed by atoms with Gasteiger partial charge in [-0.2, -0.15) is 0 Å². The molecule has 0 bridgehead atoms. The smallest absolute Gasteiger partial charge is 0.310 e. The summed E-state index contributed by atoms with van der Waals surface area (Å²) in [7, 11) is 0. The molecule has 0 heterocycles. The Morgan fingerprint density at radius 1 is 0.857 bits per heavy atom. The van der Waals surface area contributed by atoms with E-state index in [0.29, 0.717) is 36.5 Å². The second-order valence-corrected chi connectivity index (χ2v) is 16.5. The Morgan fingerprint density at radius 2 is 1.55 bits per heavy atom. The number of allylic oxidation sites excluding steroid dienone is 2. The Labute approximate surface area is 253 Å². The van der Waals surface area contributed by atoms with E-state index in [1.165, 1.54) is 5.57 Å². The maximum Gasteiger partial charge on any atom is 0.310 e. The van der Waals surface area contributed by atoms with Crippen LogP contribution >= 0.6 is 0 Å². The van der Waals surface area contributed by atoms with Crippen LogP contribution in [0.25, 0.3) is 0 Å². The Kier molecular flexibility index (Phi) is 8.00. The number of carboxylic acids is 2. The van der Waals surface area contributed by atoms with Crippen LogP contribution in [0.1, 0.15) is 132 Å². The molecule has 0 aromatic heterocycles. The van der Waals surface area contributed by atoms with Gasteiger partial charge in [0.1, 0.15) is 6.10 Å². The van der Waals surface area contributed by atoms with E-state index in [1.807, 2.05) is 0 Å². The average Bonchev–Trinajstić information content (AvgIpc) is 2.90. The minimum absolute atomic E-state index is 0.00222. The predicted octanol–water partition coefficient (Wildman–Crippen LogP) is 8.29. The lowest BCUT2D eigenvalue weighted by Gasteiger charge is -2.71. The van der Waals surface area contributed by atoms with Crippen molar-refractivity contribution in [2.75, 3.05) is 0 Å². The van der Waals surface area contributed by atoms with Gasteiger partial charge in [0, 0.05) is 18.3 Å². The number of unbranched alkanes of at least 4 members (excludes halogenated alkanes) is 1. The van der Waals surface area contributed by atoms with Gasteiger partial charge in [0.25, 0.3) is 0 Å². The van der Waals surface area contributed by atoms with Crippen molar-refractivity contribution in [3.63, 3.8) is 0 Å². The highest BCUT2D eigenvalue weighted by atomic mass is 16.5. The van der Waals surface area contributed by atoms with Crippen molar-refractivity contribution in [3.05, 3.63) is 11.6 Å². The van der Waals surface area contributed by atoms with Crippen LogP contribution in [-0.4, -0.2) is 34.2 Å². The van der Waals surface area contributed by atoms with Gasteiger partial charge < -0.3 is 14.9 Å². The van der Waals surface area contributed by atoms with E-state index >= 15 is 0 Å². The highest BCUT2D eigenvalue weighted by molar-refractivity contribution is 5.76. The van der Waals surface area contributed by atoms with Gasteiger partial charge in [-0.3, -0.25) is 14.4 Å². The van der Waals surface area contributed by atoms with E-state index in [9.17, 15) is 19.5 Å². The van der Waals surface area contributed by atoms with E-state index < -0.39 is 17.4 Å². The van der Waals surface area contributed by atoms with Gasteiger partial charge in [0.05, 0.1) is 5.41 Å². The maximum atomic E-state index is 12.9. The number of hydrogen-bond acceptors (Lipinski definition) is 4. The Hall–Kier alpha value is -1.85. The van der Waals surface area contributed by atoms with Crippen molar-refractivity contribution in [1.82, 2.24) is 0 Å². The third kappa shape index (κ3) is 4.50. The number of carbonyl (C=O) groups is 3. The van der Waals surface area contributed by atoms with Gasteiger partial charge in [-0.25, -0.2) is 0 Å². The highest BCUT2D eigenvalue weighted by Gasteiger charge is 2.69. The van der Waals surface area contributed by atoms with Gasteiger partial charge in [0.2, 0.25) is 0 Å². The van der Waals surface area contributed by atoms with Crippen LogP contribution in [0.15, 0.2) is 11.6 Å². The fourth-order valence-electron chi connectivity index (χ4n) is 11.8. The first-order chi connectivity index (χ1) is 19.5. The first kappa shape index (κ1) is 31.6. The number of carboxylic acid groups (broad SMARTS) is 2. The molecule has 5 aliphatic carbocycles. The number of esters is 1. The molecular formula is C36H56O6. The lowest BCUT2D eigenvalue weighted by Crippen LogP contribution is -2.65. The fraction of sp³-hybridized carbons (Fsp3) is 0.861. The van der Waals surface area contributed by atoms with E-state index in [0.717, 1.165) is 57.8 Å². The zero-order valence-electron chi connectivity index (χ0n) is 27.3. The quantitative estimate of drug-likeness (QED) is 0.177. The summed E-state index contributed by atoms with van der Waals surface area (Å²) in [5.41, 5.74) is 0.951. The zero-order valence-corrected chi connectivity index (χ0v) is 27.3. The van der Waals surface area contributed by atoms with E-state index in [4.69, 9.17) is 9.84 Å². The monoisotopic (exact) mass is 584 g/mol. The molecule has 0 aromatic carbocycles. The summed E-state index contributed by atoms with van der Waals surface area (Å²) in [5, 5.41) is 19.5. The lowest BCUT2D eigenvalue weighted by molar-refractivity contribution is -0.214. The van der Waals surface area contributed by atoms with Crippen molar-refractivity contribution < 1.29 is 29.3 Å². The molecule has 2 N–H and O–H groups in total. The molecular weight excluding hydrogens is 528 g/mol. The van der Waals surface area contributed by atoms with Crippen LogP contribution in [0.2, 0.25) is 0 Å². The minimum Gasteiger partial charge on any atom is -0.481 e. The SMILES string of the molecule is C[C@H]1[C@H](C)CC[C@]2(C(=O)O)CC[C@]3(C)C(=CCC4[C@@]5(C)CC[C@H](OC(=O)CCCCC(=O)O)C(C)(C)[C@@H]5CC[C@]43C)[C@H]12. The standard InChI is InChI=1S/C36H56O6/c1-22-14-19-36(31(40)41)21-20-34(6)24(30(36)23(22)2)12-13-26-33(5)17-16-27(42-29(39)11-9-8-10-28(37)38)32(3,4)25(33)15-18-35(26,34)7/h12,22-23,25-27,30H,8-11,13-21H2,1-7H3,(H,37,38)(H,40,41)/t22-,23+,25+,26?,27+,30+,33+,34-,35-,36+/m1/s1. The van der Waals surface area contributed by atoms with Crippen molar-refractivity contribution in [2.45, 2.75) is 138 Å². The normalized spacial score (nSPS) is 45.7. The molecule has 6 heteroatoms. The lowest BCUT2D eigenvalue weighted by atomic mass is 9.33. The third-order valence-electron chi connectivity index (χ3n) is 14.6. The van der Waals surface area contributed by atoms with Crippen molar-refractivity contribution >= 4 is 17.9 Å². The Morgan fingerprint density at radius 3 is 2.21 bits per heavy atom. The molecule has 5 aliphatic rings. The first-order valence-electron chi connectivity index (χ1n) is 16.9. The maximum absolute atomic E-state index is 12.9. The first-order valence-corrected chi connectivity index (χ1v) is 16.9. The summed E-state index contributed by atoms with van der Waals surface area (Å²) in [4.78, 5) is 36.5. The molecule has 0 aliphatic heterocycles. The number of aliphatic carboxylic acids is 2. The minimum atomic E-state index is -0.823. The molecule has 0 radical (unpaired) electrons. The molecule has 42 heavy (non-hydrogen) atoms. The number of fused-ring (bicyclic) bond motifs is 7. The van der Waals surface area contributed by atoms with Gasteiger partial charge in [-0.05, 0) is 116 Å². The van der Waals surface area contributed by atoms with Crippen LogP contribution in [-0.2, 0) is 19.1 Å². The second kappa shape index (κ2) is 10.6. The Balaban J connectivity index is 1.40. The van der Waals surface area contributed by atoms with Crippen LogP contribution < -0.4 is 0 Å². The molecule has 236 valence electrons. The molecule has 0 spiro atoms. The topological polar surface area (TPSA) is 101 Å². The van der Waals surface area contributed by atoms with Crippen molar-refractivity contribution in [3.8, 4) is 0 Å². The molecule has 0 amide bonds. The van der Waals surface area contributed by atoms with Gasteiger partial charge >= 0.3 is 17.9 Å². The van der Waals surface area contributed by atoms with Gasteiger partial charge in [-0.15, -0.1) is 0 Å². The number of rotatable bonds is 7. The van der Waals surface area contributed by atoms with Gasteiger partial charge in [-0.1, -0.05) is 60.1 Å². The molecule has 0 aromatic rings. The molecule has 4 saturated carbocycles. The highest BCUT2D eigenvalue weighted by Crippen LogP contribution is 2.75. The third-order valence-corrected chi connectivity index (χ3v) is 14.6. The average molecular weight is 585 g/mol. The largest absolute Gasteiger partial charge is 0.481 e. The summed E-state index contributed by atoms with van der Waals surface area (Å²) in [5.74, 6) is 0.406. The zero-order chi connectivity index (χ0) is 30.9. The molecule has 5 rings (SSSR count). The summed E-state index contributed by atoms with van der Waals surface area (Å²) >= 11 is 0. The van der Waals surface area contributed by atoms with E-state index in [1.54, 1.807) is 0 Å². The number of ether oxygens (including phenoxy) is 1. The van der Waals surface area contributed by atoms with Crippen LogP contribution in [0.5, 0.6) is 0 Å². The van der Waals surface area contributed by atoms with E-state index in [-0.39, 0.29) is 52.5 Å². The number of carbonyl (C=O) groups excluding carboxylic acids is 1. The molecule has 0 saturated heterocycles. The summed E-state index contributed by atoms with van der Waals surface area (Å²) in [6, 6.07) is 0. The second-order valence-electron chi connectivity index (χ2n) is 16.5. The predicted molar refractivity (Wildman–Crippen MR) is 163 cm³/mol. The fourth-order valence-corrected chi connectivity index (χ4v) is 11.8. The van der Waals surface area contributed by atoms with E-state index in [2.05, 4.69) is 54.5 Å². The van der Waals surface area contributed by atoms with Crippen LogP contribution in [0.4, 0.5) is 0 Å². The molecule has 4 fully saturated rings. The van der Waals surface area contributed by atoms with Crippen LogP contribution in [0.3, 0.4) is 0 Å². The summed E-state index contributed by atoms with van der Waals surface area (Å²) < 4.78 is 6.14. The molecule has 6 nitrogen and oxygen atoms in total. The van der Waals surface area contributed by atoms with Gasteiger partial charge in [0.15, 0.2) is 0 Å². The molecule has 1 unspecified atom stereocenters. The summed E-state index contributed by atoms with van der Waals surface area (Å²) in [6.45, 7) is 16.8.